The van der Waals surface area contributed by atoms with Crippen molar-refractivity contribution in [1.82, 2.24) is 46.1 Å². The van der Waals surface area contributed by atoms with E-state index in [1.165, 1.54) is 21.5 Å². The fourth-order valence-corrected chi connectivity index (χ4v) is 5.37. The summed E-state index contributed by atoms with van der Waals surface area (Å²) in [6.45, 7) is 17.3. The first-order valence-electron chi connectivity index (χ1n) is 18.0. The first-order chi connectivity index (χ1) is 25.8. The van der Waals surface area contributed by atoms with Crippen LogP contribution in [0, 0.1) is 16.7 Å². The Morgan fingerprint density at radius 2 is 1.30 bits per heavy atom. The van der Waals surface area contributed by atoms with Crippen LogP contribution in [0.15, 0.2) is 97.1 Å². The number of aromatic nitrogens is 8. The number of hydrogen-bond donors (Lipinski definition) is 2. The number of amides is 1. The summed E-state index contributed by atoms with van der Waals surface area (Å²) in [5.74, 6) is 2.65. The van der Waals surface area contributed by atoms with Gasteiger partial charge in [-0.15, -0.1) is 20.4 Å². The second-order valence-corrected chi connectivity index (χ2v) is 14.9. The molecule has 280 valence electrons. The highest BCUT2D eigenvalue weighted by Crippen LogP contribution is 2.23. The van der Waals surface area contributed by atoms with Gasteiger partial charge in [-0.1, -0.05) is 132 Å². The lowest BCUT2D eigenvalue weighted by Gasteiger charge is -2.22. The Bertz CT molecular complexity index is 2080. The first kappa shape index (κ1) is 41.0. The van der Waals surface area contributed by atoms with Gasteiger partial charge in [-0.05, 0) is 82.5 Å². The molecule has 6 rings (SSSR count). The standard InChI is InChI=1S/C22H26ClN5O.C10H12N4.C10H11N/c1-15(2)16-9-11-17(12-10-16)20-25-27-28(26-20)14-22(3,4)21(29)24-13-18-7-5-6-8-19(18)23;1-7(2)8-3-5-9(6-4-8)10-11-13-14-12-10;1-8(2)10-5-3-9(7-11)4-6-10/h5-12,15H,13-14H2,1-4H3,(H,24,29);3-7H,1-2H3,(H,11,12,13,14);3-6,8H,1-2H3. The molecule has 54 heavy (non-hydrogen) atoms. The predicted molar refractivity (Wildman–Crippen MR) is 213 cm³/mol. The molecule has 4 aromatic carbocycles. The van der Waals surface area contributed by atoms with Crippen LogP contribution in [0.2, 0.25) is 5.02 Å². The highest BCUT2D eigenvalue weighted by molar-refractivity contribution is 6.31. The first-order valence-corrected chi connectivity index (χ1v) is 18.4. The number of rotatable bonds is 10. The minimum Gasteiger partial charge on any atom is -0.351 e. The minimum atomic E-state index is -0.708. The lowest BCUT2D eigenvalue weighted by atomic mass is 9.92. The molecule has 0 saturated carbocycles. The molecule has 12 heteroatoms. The zero-order chi connectivity index (χ0) is 39.3. The summed E-state index contributed by atoms with van der Waals surface area (Å²) in [5.41, 5.74) is 6.66. The second kappa shape index (κ2) is 19.4. The van der Waals surface area contributed by atoms with Gasteiger partial charge in [-0.2, -0.15) is 15.3 Å². The molecule has 0 spiro atoms. The summed E-state index contributed by atoms with van der Waals surface area (Å²) in [6, 6.07) is 33.6. The van der Waals surface area contributed by atoms with E-state index in [1.54, 1.807) is 0 Å². The van der Waals surface area contributed by atoms with Crippen LogP contribution in [0.4, 0.5) is 0 Å². The Morgan fingerprint density at radius 3 is 1.78 bits per heavy atom. The molecule has 0 radical (unpaired) electrons. The van der Waals surface area contributed by atoms with Gasteiger partial charge in [-0.25, -0.2) is 0 Å². The summed E-state index contributed by atoms with van der Waals surface area (Å²) in [5, 5.41) is 38.6. The van der Waals surface area contributed by atoms with E-state index in [0.717, 1.165) is 22.3 Å². The van der Waals surface area contributed by atoms with E-state index in [2.05, 4.69) is 113 Å². The zero-order valence-corrected chi connectivity index (χ0v) is 33.0. The van der Waals surface area contributed by atoms with Crippen LogP contribution >= 0.6 is 11.6 Å². The van der Waals surface area contributed by atoms with Crippen molar-refractivity contribution in [1.29, 1.82) is 5.26 Å². The lowest BCUT2D eigenvalue weighted by molar-refractivity contribution is -0.130. The molecule has 0 aliphatic carbocycles. The van der Waals surface area contributed by atoms with Crippen molar-refractivity contribution in [2.45, 2.75) is 86.2 Å². The van der Waals surface area contributed by atoms with Crippen molar-refractivity contribution < 1.29 is 4.79 Å². The van der Waals surface area contributed by atoms with Crippen molar-refractivity contribution in [3.8, 4) is 28.8 Å². The van der Waals surface area contributed by atoms with Crippen LogP contribution < -0.4 is 5.32 Å². The van der Waals surface area contributed by atoms with Crippen LogP contribution in [0.5, 0.6) is 0 Å². The number of aromatic amines is 1. The lowest BCUT2D eigenvalue weighted by Crippen LogP contribution is -2.39. The number of hydrogen-bond acceptors (Lipinski definition) is 8. The third-order valence-electron chi connectivity index (χ3n) is 8.72. The van der Waals surface area contributed by atoms with Gasteiger partial charge in [0.2, 0.25) is 17.6 Å². The highest BCUT2D eigenvalue weighted by atomic mass is 35.5. The number of benzene rings is 4. The van der Waals surface area contributed by atoms with Gasteiger partial charge in [0.15, 0.2) is 0 Å². The average Bonchev–Trinajstić information content (AvgIpc) is 3.88. The Labute approximate surface area is 323 Å². The number of carbonyl (C=O) groups excluding carboxylic acids is 1. The Hall–Kier alpha value is -5.73. The molecule has 1 amide bonds. The summed E-state index contributed by atoms with van der Waals surface area (Å²) in [4.78, 5) is 14.2. The van der Waals surface area contributed by atoms with Gasteiger partial charge in [0.05, 0.1) is 23.6 Å². The topological polar surface area (TPSA) is 151 Å². The number of nitrogens with one attached hydrogen (secondary N) is 2. The number of nitriles is 1. The fraction of sp³-hybridized carbons (Fsp3) is 0.333. The normalized spacial score (nSPS) is 11.0. The van der Waals surface area contributed by atoms with Crippen LogP contribution in [0.25, 0.3) is 22.8 Å². The third kappa shape index (κ3) is 11.9. The van der Waals surface area contributed by atoms with E-state index in [9.17, 15) is 4.79 Å². The maximum Gasteiger partial charge on any atom is 0.227 e. The maximum absolute atomic E-state index is 12.7. The third-order valence-corrected chi connectivity index (χ3v) is 9.09. The molecule has 0 bridgehead atoms. The molecular weight excluding hydrogens is 696 g/mol. The summed E-state index contributed by atoms with van der Waals surface area (Å²) < 4.78 is 0. The average molecular weight is 745 g/mol. The van der Waals surface area contributed by atoms with Crippen LogP contribution in [-0.2, 0) is 17.9 Å². The SMILES string of the molecule is CC(C)c1ccc(-c2nn[nH]n2)cc1.CC(C)c1ccc(-c2nnn(CC(C)(C)C(=O)NCc3ccccc3Cl)n2)cc1.CC(C)c1ccc(C#N)cc1. The molecule has 0 unspecified atom stereocenters. The van der Waals surface area contributed by atoms with Gasteiger partial charge < -0.3 is 5.32 Å². The van der Waals surface area contributed by atoms with Crippen LogP contribution in [0.3, 0.4) is 0 Å². The van der Waals surface area contributed by atoms with Crippen molar-refractivity contribution >= 4 is 17.5 Å². The zero-order valence-electron chi connectivity index (χ0n) is 32.2. The predicted octanol–water partition coefficient (Wildman–Crippen LogP) is 9.13. The Kier molecular flexibility index (Phi) is 14.7. The van der Waals surface area contributed by atoms with Crippen LogP contribution in [0.1, 0.15) is 101 Å². The molecule has 11 nitrogen and oxygen atoms in total. The van der Waals surface area contributed by atoms with Crippen molar-refractivity contribution in [3.63, 3.8) is 0 Å². The summed E-state index contributed by atoms with van der Waals surface area (Å²) >= 11 is 6.16. The van der Waals surface area contributed by atoms with Gasteiger partial charge >= 0.3 is 0 Å². The molecule has 0 fully saturated rings. The van der Waals surface area contributed by atoms with Gasteiger partial charge in [-0.3, -0.25) is 4.79 Å². The summed E-state index contributed by atoms with van der Waals surface area (Å²) in [7, 11) is 0. The van der Waals surface area contributed by atoms with E-state index in [0.29, 0.717) is 47.5 Å². The number of H-pyrrole nitrogens is 1. The fourth-order valence-electron chi connectivity index (χ4n) is 5.17. The summed E-state index contributed by atoms with van der Waals surface area (Å²) in [6.07, 6.45) is 0. The van der Waals surface area contributed by atoms with Crippen LogP contribution in [-0.4, -0.2) is 46.7 Å². The highest BCUT2D eigenvalue weighted by Gasteiger charge is 2.29. The van der Waals surface area contributed by atoms with E-state index < -0.39 is 5.41 Å². The number of halogens is 1. The molecule has 2 N–H and O–H groups in total. The molecular formula is C42H49ClN10O. The largest absolute Gasteiger partial charge is 0.351 e. The molecule has 0 aliphatic rings. The molecule has 0 atom stereocenters. The second-order valence-electron chi connectivity index (χ2n) is 14.5. The number of nitrogens with zero attached hydrogens (tertiary/aromatic N) is 8. The van der Waals surface area contributed by atoms with Gasteiger partial charge in [0.25, 0.3) is 0 Å². The molecule has 0 saturated heterocycles. The van der Waals surface area contributed by atoms with Gasteiger partial charge in [0.1, 0.15) is 0 Å². The Morgan fingerprint density at radius 1 is 0.778 bits per heavy atom. The number of tetrazole rings is 2. The van der Waals surface area contributed by atoms with Crippen molar-refractivity contribution in [3.05, 3.63) is 130 Å². The minimum absolute atomic E-state index is 0.0995. The van der Waals surface area contributed by atoms with E-state index in [-0.39, 0.29) is 5.91 Å². The smallest absolute Gasteiger partial charge is 0.227 e. The maximum atomic E-state index is 12.7. The Balaban J connectivity index is 0.000000213. The quantitative estimate of drug-likeness (QED) is 0.141. The van der Waals surface area contributed by atoms with Gasteiger partial charge in [0, 0.05) is 22.7 Å². The van der Waals surface area contributed by atoms with Crippen molar-refractivity contribution in [2.75, 3.05) is 0 Å². The molecule has 6 aromatic rings. The monoisotopic (exact) mass is 744 g/mol. The molecule has 2 heterocycles. The van der Waals surface area contributed by atoms with E-state index in [1.807, 2.05) is 86.6 Å². The number of carbonyl (C=O) groups is 1. The molecule has 2 aromatic heterocycles. The molecule has 0 aliphatic heterocycles. The van der Waals surface area contributed by atoms with E-state index in [4.69, 9.17) is 16.9 Å². The van der Waals surface area contributed by atoms with E-state index >= 15 is 0 Å². The van der Waals surface area contributed by atoms with Crippen molar-refractivity contribution in [2.24, 2.45) is 5.41 Å².